The molecule has 3 rings (SSSR count). The first-order chi connectivity index (χ1) is 9.24. The molecule has 20 heavy (non-hydrogen) atoms. The Morgan fingerprint density at radius 1 is 1.35 bits per heavy atom. The van der Waals surface area contributed by atoms with E-state index < -0.39 is 0 Å². The van der Waals surface area contributed by atoms with Gasteiger partial charge in [0.15, 0.2) is 0 Å². The molecule has 1 aromatic carbocycles. The predicted octanol–water partition coefficient (Wildman–Crippen LogP) is 3.96. The van der Waals surface area contributed by atoms with Crippen LogP contribution in [0.15, 0.2) is 28.7 Å². The van der Waals surface area contributed by atoms with Crippen molar-refractivity contribution < 1.29 is 4.74 Å². The Morgan fingerprint density at radius 2 is 2.10 bits per heavy atom. The van der Waals surface area contributed by atoms with E-state index in [1.807, 2.05) is 0 Å². The Balaban J connectivity index is 0.00000147. The summed E-state index contributed by atoms with van der Waals surface area (Å²) in [5.74, 6) is 0. The highest BCUT2D eigenvalue weighted by atomic mass is 79.9. The molecule has 108 valence electrons. The molecule has 1 saturated heterocycles. The molecular formula is C14H16BrClN2OS. The summed E-state index contributed by atoms with van der Waals surface area (Å²) in [5.41, 5.74) is 2.25. The lowest BCUT2D eigenvalue weighted by atomic mass is 10.1. The van der Waals surface area contributed by atoms with E-state index >= 15 is 0 Å². The monoisotopic (exact) mass is 374 g/mol. The topological polar surface area (TPSA) is 34.1 Å². The quantitative estimate of drug-likeness (QED) is 0.862. The third-order valence-electron chi connectivity index (χ3n) is 3.15. The molecular weight excluding hydrogens is 360 g/mol. The van der Waals surface area contributed by atoms with Crippen LogP contribution in [0.4, 0.5) is 0 Å². The Morgan fingerprint density at radius 3 is 2.75 bits per heavy atom. The minimum Gasteiger partial charge on any atom is -0.378 e. The van der Waals surface area contributed by atoms with Crippen molar-refractivity contribution in [2.75, 3.05) is 19.8 Å². The lowest BCUT2D eigenvalue weighted by molar-refractivity contribution is 0.0768. The summed E-state index contributed by atoms with van der Waals surface area (Å²) < 4.78 is 6.59. The zero-order chi connectivity index (χ0) is 13.2. The van der Waals surface area contributed by atoms with Gasteiger partial charge >= 0.3 is 0 Å². The van der Waals surface area contributed by atoms with Gasteiger partial charge in [-0.25, -0.2) is 4.98 Å². The van der Waals surface area contributed by atoms with Gasteiger partial charge in [0.05, 0.1) is 24.9 Å². The first kappa shape index (κ1) is 15.9. The second-order valence-electron chi connectivity index (χ2n) is 4.55. The number of hydrogen-bond donors (Lipinski definition) is 1. The van der Waals surface area contributed by atoms with Gasteiger partial charge in [0.2, 0.25) is 0 Å². The van der Waals surface area contributed by atoms with Gasteiger partial charge in [-0.3, -0.25) is 0 Å². The standard InChI is InChI=1S/C14H15BrN2OS.ClH/c1-9-13(10-2-4-11(15)5-3-10)17-14(19-9)12-8-18-7-6-16-12;/h2-5,12,16H,6-8H2,1H3;1H. The molecule has 0 saturated carbocycles. The largest absolute Gasteiger partial charge is 0.378 e. The SMILES string of the molecule is Cc1sc(C2COCCN2)nc1-c1ccc(Br)cc1.Cl. The second-order valence-corrected chi connectivity index (χ2v) is 6.70. The van der Waals surface area contributed by atoms with E-state index in [0.717, 1.165) is 28.3 Å². The van der Waals surface area contributed by atoms with Crippen LogP contribution >= 0.6 is 39.7 Å². The summed E-state index contributed by atoms with van der Waals surface area (Å²) in [6.45, 7) is 4.53. The first-order valence-corrected chi connectivity index (χ1v) is 7.89. The first-order valence-electron chi connectivity index (χ1n) is 6.28. The molecule has 1 unspecified atom stereocenters. The molecule has 0 spiro atoms. The zero-order valence-corrected chi connectivity index (χ0v) is 14.3. The Kier molecular flexibility index (Phi) is 5.57. The van der Waals surface area contributed by atoms with Crippen molar-refractivity contribution in [2.45, 2.75) is 13.0 Å². The van der Waals surface area contributed by atoms with Gasteiger partial charge in [-0.2, -0.15) is 0 Å². The van der Waals surface area contributed by atoms with Crippen LogP contribution in [0.5, 0.6) is 0 Å². The molecule has 0 amide bonds. The van der Waals surface area contributed by atoms with Crippen molar-refractivity contribution in [1.82, 2.24) is 10.3 Å². The maximum absolute atomic E-state index is 5.51. The van der Waals surface area contributed by atoms with Crippen molar-refractivity contribution in [3.05, 3.63) is 38.6 Å². The van der Waals surface area contributed by atoms with Crippen LogP contribution in [-0.4, -0.2) is 24.7 Å². The van der Waals surface area contributed by atoms with Gasteiger partial charge in [-0.15, -0.1) is 23.7 Å². The van der Waals surface area contributed by atoms with Crippen molar-refractivity contribution >= 4 is 39.7 Å². The number of morpholine rings is 1. The smallest absolute Gasteiger partial charge is 0.113 e. The highest BCUT2D eigenvalue weighted by Crippen LogP contribution is 2.31. The minimum atomic E-state index is 0. The molecule has 1 aliphatic rings. The van der Waals surface area contributed by atoms with E-state index in [1.165, 1.54) is 10.4 Å². The molecule has 2 aromatic rings. The lowest BCUT2D eigenvalue weighted by Gasteiger charge is -2.21. The number of halogens is 2. The van der Waals surface area contributed by atoms with E-state index in [-0.39, 0.29) is 18.4 Å². The average Bonchev–Trinajstić information content (AvgIpc) is 2.83. The fourth-order valence-corrected chi connectivity index (χ4v) is 3.43. The molecule has 0 bridgehead atoms. The van der Waals surface area contributed by atoms with Gasteiger partial charge in [0, 0.05) is 21.5 Å². The third-order valence-corrected chi connectivity index (χ3v) is 4.76. The van der Waals surface area contributed by atoms with Crippen LogP contribution < -0.4 is 5.32 Å². The molecule has 0 aliphatic carbocycles. The summed E-state index contributed by atoms with van der Waals surface area (Å²) in [4.78, 5) is 6.05. The van der Waals surface area contributed by atoms with E-state index in [2.05, 4.69) is 52.4 Å². The molecule has 0 radical (unpaired) electrons. The van der Waals surface area contributed by atoms with Crippen molar-refractivity contribution in [3.8, 4) is 11.3 Å². The van der Waals surface area contributed by atoms with Gasteiger partial charge < -0.3 is 10.1 Å². The summed E-state index contributed by atoms with van der Waals surface area (Å²) >= 11 is 5.21. The minimum absolute atomic E-state index is 0. The molecule has 6 heteroatoms. The fourth-order valence-electron chi connectivity index (χ4n) is 2.17. The van der Waals surface area contributed by atoms with Crippen LogP contribution in [0.1, 0.15) is 15.9 Å². The van der Waals surface area contributed by atoms with Crippen LogP contribution in [-0.2, 0) is 4.74 Å². The Labute approximate surface area is 137 Å². The van der Waals surface area contributed by atoms with Crippen molar-refractivity contribution in [2.24, 2.45) is 0 Å². The number of thiazole rings is 1. The Hall–Kier alpha value is -0.460. The predicted molar refractivity (Wildman–Crippen MR) is 88.8 cm³/mol. The van der Waals surface area contributed by atoms with E-state index in [0.29, 0.717) is 6.61 Å². The van der Waals surface area contributed by atoms with Crippen molar-refractivity contribution in [1.29, 1.82) is 0 Å². The number of nitrogens with zero attached hydrogens (tertiary/aromatic N) is 1. The van der Waals surface area contributed by atoms with Crippen LogP contribution in [0, 0.1) is 6.92 Å². The van der Waals surface area contributed by atoms with Crippen LogP contribution in [0.2, 0.25) is 0 Å². The van der Waals surface area contributed by atoms with Gasteiger partial charge in [-0.1, -0.05) is 28.1 Å². The molecule has 1 aliphatic heterocycles. The highest BCUT2D eigenvalue weighted by Gasteiger charge is 2.20. The van der Waals surface area contributed by atoms with Gasteiger partial charge in [0.25, 0.3) is 0 Å². The normalized spacial score (nSPS) is 18.6. The highest BCUT2D eigenvalue weighted by molar-refractivity contribution is 9.10. The average molecular weight is 376 g/mol. The number of aromatic nitrogens is 1. The van der Waals surface area contributed by atoms with Gasteiger partial charge in [0.1, 0.15) is 5.01 Å². The molecule has 1 fully saturated rings. The van der Waals surface area contributed by atoms with Crippen molar-refractivity contribution in [3.63, 3.8) is 0 Å². The molecule has 1 N–H and O–H groups in total. The van der Waals surface area contributed by atoms with E-state index in [1.54, 1.807) is 11.3 Å². The summed E-state index contributed by atoms with van der Waals surface area (Å²) in [5, 5.41) is 4.57. The van der Waals surface area contributed by atoms with Crippen LogP contribution in [0.25, 0.3) is 11.3 Å². The lowest BCUT2D eigenvalue weighted by Crippen LogP contribution is -2.34. The number of nitrogens with one attached hydrogen (secondary N) is 1. The summed E-state index contributed by atoms with van der Waals surface area (Å²) in [7, 11) is 0. The number of hydrogen-bond acceptors (Lipinski definition) is 4. The number of rotatable bonds is 2. The third kappa shape index (κ3) is 3.40. The second kappa shape index (κ2) is 7.00. The molecule has 3 nitrogen and oxygen atoms in total. The molecule has 1 aromatic heterocycles. The summed E-state index contributed by atoms with van der Waals surface area (Å²) in [6.07, 6.45) is 0. The van der Waals surface area contributed by atoms with Crippen LogP contribution in [0.3, 0.4) is 0 Å². The zero-order valence-electron chi connectivity index (χ0n) is 11.1. The van der Waals surface area contributed by atoms with Gasteiger partial charge in [-0.05, 0) is 19.1 Å². The number of benzene rings is 1. The van der Waals surface area contributed by atoms with E-state index in [4.69, 9.17) is 9.72 Å². The fraction of sp³-hybridized carbons (Fsp3) is 0.357. The number of aryl methyl sites for hydroxylation is 1. The Bertz CT molecular complexity index is 567. The number of ether oxygens (including phenoxy) is 1. The summed E-state index contributed by atoms with van der Waals surface area (Å²) in [6, 6.07) is 8.54. The molecule has 2 heterocycles. The maximum Gasteiger partial charge on any atom is 0.113 e. The molecule has 1 atom stereocenters. The maximum atomic E-state index is 5.51. The van der Waals surface area contributed by atoms with E-state index in [9.17, 15) is 0 Å².